The topological polar surface area (TPSA) is 81.1 Å². The molecule has 0 radical (unpaired) electrons. The van der Waals surface area contributed by atoms with Gasteiger partial charge in [-0.25, -0.2) is 8.42 Å². The lowest BCUT2D eigenvalue weighted by atomic mass is 10.1. The highest BCUT2D eigenvalue weighted by atomic mass is 32.2. The number of benzene rings is 1. The number of hydrogen-bond donors (Lipinski definition) is 1. The monoisotopic (exact) mass is 389 g/mol. The SMILES string of the molecule is CC(=O)c1ccc(NS(=O)(=O)c2cn(C(C)C)nc2-c2cccs2)cc1. The van der Waals surface area contributed by atoms with Gasteiger partial charge in [0.2, 0.25) is 0 Å². The molecule has 0 bridgehead atoms. The Hall–Kier alpha value is -2.45. The second-order valence-corrected chi connectivity index (χ2v) is 8.73. The van der Waals surface area contributed by atoms with Crippen molar-refractivity contribution in [1.29, 1.82) is 0 Å². The Morgan fingerprint density at radius 1 is 1.19 bits per heavy atom. The summed E-state index contributed by atoms with van der Waals surface area (Å²) in [5.74, 6) is -0.0717. The molecule has 0 aliphatic carbocycles. The van der Waals surface area contributed by atoms with E-state index in [2.05, 4.69) is 9.82 Å². The quantitative estimate of drug-likeness (QED) is 0.641. The number of carbonyl (C=O) groups is 1. The van der Waals surface area contributed by atoms with Crippen molar-refractivity contribution in [2.75, 3.05) is 4.72 Å². The molecule has 1 aromatic carbocycles. The first-order chi connectivity index (χ1) is 12.3. The molecule has 0 atom stereocenters. The molecule has 1 N–H and O–H groups in total. The van der Waals surface area contributed by atoms with Crippen molar-refractivity contribution in [3.05, 3.63) is 53.5 Å². The zero-order valence-corrected chi connectivity index (χ0v) is 16.3. The average Bonchev–Trinajstić information content (AvgIpc) is 3.24. The van der Waals surface area contributed by atoms with Crippen molar-refractivity contribution >= 4 is 32.8 Å². The summed E-state index contributed by atoms with van der Waals surface area (Å²) in [7, 11) is -3.83. The Morgan fingerprint density at radius 2 is 1.88 bits per heavy atom. The fourth-order valence-corrected chi connectivity index (χ4v) is 4.40. The number of ketones is 1. The fraction of sp³-hybridized carbons (Fsp3) is 0.222. The Kier molecular flexibility index (Phi) is 4.97. The van der Waals surface area contributed by atoms with Crippen molar-refractivity contribution in [1.82, 2.24) is 9.78 Å². The molecule has 136 valence electrons. The molecule has 26 heavy (non-hydrogen) atoms. The van der Waals surface area contributed by atoms with Gasteiger partial charge in [-0.2, -0.15) is 5.10 Å². The maximum Gasteiger partial charge on any atom is 0.265 e. The molecule has 3 rings (SSSR count). The van der Waals surface area contributed by atoms with Crippen molar-refractivity contribution in [3.63, 3.8) is 0 Å². The van der Waals surface area contributed by atoms with Crippen LogP contribution >= 0.6 is 11.3 Å². The third-order valence-electron chi connectivity index (χ3n) is 3.82. The van der Waals surface area contributed by atoms with E-state index in [-0.39, 0.29) is 16.7 Å². The largest absolute Gasteiger partial charge is 0.295 e. The number of hydrogen-bond acceptors (Lipinski definition) is 5. The van der Waals surface area contributed by atoms with Crippen LogP contribution in [0.4, 0.5) is 5.69 Å². The summed E-state index contributed by atoms with van der Waals surface area (Å²) in [5.41, 5.74) is 1.35. The second kappa shape index (κ2) is 7.05. The van der Waals surface area contributed by atoms with Crippen molar-refractivity contribution < 1.29 is 13.2 Å². The second-order valence-electron chi connectivity index (χ2n) is 6.13. The molecule has 0 saturated carbocycles. The van der Waals surface area contributed by atoms with Crippen LogP contribution in [0.3, 0.4) is 0 Å². The van der Waals surface area contributed by atoms with Crippen LogP contribution in [0.15, 0.2) is 52.9 Å². The van der Waals surface area contributed by atoms with Crippen LogP contribution in [0.5, 0.6) is 0 Å². The first-order valence-corrected chi connectivity index (χ1v) is 10.4. The predicted octanol–water partition coefficient (Wildman–Crippen LogP) is 4.20. The molecular formula is C18H19N3O3S2. The zero-order valence-electron chi connectivity index (χ0n) is 14.6. The summed E-state index contributed by atoms with van der Waals surface area (Å²) >= 11 is 1.44. The molecule has 0 amide bonds. The Balaban J connectivity index is 1.99. The standard InChI is InChI=1S/C18H19N3O3S2/c1-12(2)21-11-17(18(19-21)16-5-4-10-25-16)26(23,24)20-15-8-6-14(7-9-15)13(3)22/h4-12,20H,1-3H3. The number of rotatable bonds is 6. The van der Waals surface area contributed by atoms with E-state index >= 15 is 0 Å². The molecule has 0 fully saturated rings. The van der Waals surface area contributed by atoms with E-state index < -0.39 is 10.0 Å². The van der Waals surface area contributed by atoms with Gasteiger partial charge in [-0.05, 0) is 56.5 Å². The van der Waals surface area contributed by atoms with Crippen LogP contribution < -0.4 is 4.72 Å². The Bertz CT molecular complexity index is 1020. The van der Waals surface area contributed by atoms with E-state index in [1.54, 1.807) is 35.1 Å². The van der Waals surface area contributed by atoms with Crippen molar-refractivity contribution in [2.24, 2.45) is 0 Å². The number of nitrogens with zero attached hydrogens (tertiary/aromatic N) is 2. The minimum Gasteiger partial charge on any atom is -0.295 e. The number of Topliss-reactive ketones (excluding diaryl/α,β-unsaturated/α-hetero) is 1. The van der Waals surface area contributed by atoms with Crippen molar-refractivity contribution in [3.8, 4) is 10.6 Å². The molecule has 8 heteroatoms. The number of nitrogens with one attached hydrogen (secondary N) is 1. The van der Waals surface area contributed by atoms with Gasteiger partial charge in [0.15, 0.2) is 5.78 Å². The molecule has 2 aromatic heterocycles. The van der Waals surface area contributed by atoms with Gasteiger partial charge >= 0.3 is 0 Å². The maximum absolute atomic E-state index is 12.9. The zero-order chi connectivity index (χ0) is 18.9. The molecule has 0 aliphatic rings. The van der Waals surface area contributed by atoms with Gasteiger partial charge in [0.05, 0.1) is 4.88 Å². The van der Waals surface area contributed by atoms with E-state index in [1.807, 2.05) is 31.4 Å². The summed E-state index contributed by atoms with van der Waals surface area (Å²) in [4.78, 5) is 12.3. The first kappa shape index (κ1) is 18.3. The lowest BCUT2D eigenvalue weighted by Gasteiger charge is -2.08. The van der Waals surface area contributed by atoms with Gasteiger partial charge in [0, 0.05) is 23.5 Å². The summed E-state index contributed by atoms with van der Waals surface area (Å²) in [6.45, 7) is 5.35. The molecule has 0 saturated heterocycles. The number of carbonyl (C=O) groups excluding carboxylic acids is 1. The summed E-state index contributed by atoms with van der Waals surface area (Å²) in [5, 5.41) is 6.34. The van der Waals surface area contributed by atoms with Crippen LogP contribution in [-0.2, 0) is 10.0 Å². The van der Waals surface area contributed by atoms with Gasteiger partial charge < -0.3 is 0 Å². The summed E-state index contributed by atoms with van der Waals surface area (Å²) in [6, 6.07) is 10.1. The first-order valence-electron chi connectivity index (χ1n) is 8.05. The molecule has 6 nitrogen and oxygen atoms in total. The normalized spacial score (nSPS) is 11.7. The van der Waals surface area contributed by atoms with Gasteiger partial charge in [0.1, 0.15) is 10.6 Å². The molecule has 0 aliphatic heterocycles. The van der Waals surface area contributed by atoms with E-state index in [0.717, 1.165) is 4.88 Å². The van der Waals surface area contributed by atoms with Gasteiger partial charge in [-0.3, -0.25) is 14.2 Å². The molecule has 2 heterocycles. The van der Waals surface area contributed by atoms with Gasteiger partial charge in [-0.1, -0.05) is 6.07 Å². The third-order valence-corrected chi connectivity index (χ3v) is 6.07. The molecular weight excluding hydrogens is 370 g/mol. The molecule has 3 aromatic rings. The van der Waals surface area contributed by atoms with E-state index in [1.165, 1.54) is 18.3 Å². The van der Waals surface area contributed by atoms with Gasteiger partial charge in [-0.15, -0.1) is 11.3 Å². The predicted molar refractivity (Wildman–Crippen MR) is 103 cm³/mol. The highest BCUT2D eigenvalue weighted by molar-refractivity contribution is 7.92. The minimum atomic E-state index is -3.83. The lowest BCUT2D eigenvalue weighted by molar-refractivity contribution is 0.101. The van der Waals surface area contributed by atoms with Crippen LogP contribution in [0.1, 0.15) is 37.2 Å². The highest BCUT2D eigenvalue weighted by Crippen LogP contribution is 2.31. The van der Waals surface area contributed by atoms with Crippen LogP contribution in [-0.4, -0.2) is 24.0 Å². The van der Waals surface area contributed by atoms with E-state index in [4.69, 9.17) is 0 Å². The smallest absolute Gasteiger partial charge is 0.265 e. The molecule has 0 unspecified atom stereocenters. The van der Waals surface area contributed by atoms with Crippen LogP contribution in [0.25, 0.3) is 10.6 Å². The minimum absolute atomic E-state index is 0.0347. The lowest BCUT2D eigenvalue weighted by Crippen LogP contribution is -2.13. The number of thiophene rings is 1. The van der Waals surface area contributed by atoms with Crippen LogP contribution in [0, 0.1) is 0 Å². The van der Waals surface area contributed by atoms with E-state index in [0.29, 0.717) is 16.9 Å². The maximum atomic E-state index is 12.9. The number of anilines is 1. The number of sulfonamides is 1. The van der Waals surface area contributed by atoms with Crippen LogP contribution in [0.2, 0.25) is 0 Å². The van der Waals surface area contributed by atoms with Gasteiger partial charge in [0.25, 0.3) is 10.0 Å². The Labute approximate surface area is 156 Å². The fourth-order valence-electron chi connectivity index (χ4n) is 2.40. The third kappa shape index (κ3) is 3.71. The van der Waals surface area contributed by atoms with E-state index in [9.17, 15) is 13.2 Å². The van der Waals surface area contributed by atoms with Crippen molar-refractivity contribution in [2.45, 2.75) is 31.7 Å². The number of aromatic nitrogens is 2. The summed E-state index contributed by atoms with van der Waals surface area (Å²) < 4.78 is 30.1. The molecule has 0 spiro atoms. The average molecular weight is 390 g/mol. The highest BCUT2D eigenvalue weighted by Gasteiger charge is 2.25. The Morgan fingerprint density at radius 3 is 2.42 bits per heavy atom. The summed E-state index contributed by atoms with van der Waals surface area (Å²) in [6.07, 6.45) is 1.55.